The summed E-state index contributed by atoms with van der Waals surface area (Å²) >= 11 is 1.58. The van der Waals surface area contributed by atoms with Gasteiger partial charge < -0.3 is 5.32 Å². The fourth-order valence-electron chi connectivity index (χ4n) is 3.09. The zero-order valence-corrected chi connectivity index (χ0v) is 17.7. The monoisotopic (exact) mass is 393 g/mol. The number of hydrogen-bond acceptors (Lipinski definition) is 3. The Hall–Kier alpha value is -2.53. The van der Waals surface area contributed by atoms with Crippen molar-refractivity contribution in [2.45, 2.75) is 50.9 Å². The summed E-state index contributed by atoms with van der Waals surface area (Å²) in [6.45, 7) is 9.31. The van der Waals surface area contributed by atoms with Gasteiger partial charge in [0.15, 0.2) is 0 Å². The van der Waals surface area contributed by atoms with Crippen molar-refractivity contribution in [3.8, 4) is 0 Å². The third-order valence-electron chi connectivity index (χ3n) is 4.85. The molecule has 0 saturated carbocycles. The van der Waals surface area contributed by atoms with E-state index in [4.69, 9.17) is 0 Å². The number of hydrogen-bond donors (Lipinski definition) is 1. The van der Waals surface area contributed by atoms with Crippen molar-refractivity contribution in [2.24, 2.45) is 0 Å². The van der Waals surface area contributed by atoms with Gasteiger partial charge >= 0.3 is 0 Å². The number of benzene rings is 2. The fraction of sp³-hybridized carbons (Fsp3) is 0.304. The Labute approximate surface area is 171 Å². The Balaban J connectivity index is 1.60. The lowest BCUT2D eigenvalue weighted by Gasteiger charge is -2.12. The molecule has 4 nitrogen and oxygen atoms in total. The first-order valence-corrected chi connectivity index (χ1v) is 10.4. The van der Waals surface area contributed by atoms with E-state index < -0.39 is 0 Å². The third kappa shape index (κ3) is 5.04. The van der Waals surface area contributed by atoms with Gasteiger partial charge in [-0.1, -0.05) is 48.0 Å². The van der Waals surface area contributed by atoms with Crippen LogP contribution in [0.1, 0.15) is 35.0 Å². The van der Waals surface area contributed by atoms with E-state index >= 15 is 0 Å². The SMILES string of the molecule is Cc1ccc(SC(C)C(=O)NCc2c(C)nn(Cc3ccccc3)c2C)cc1. The highest BCUT2D eigenvalue weighted by atomic mass is 32.2. The van der Waals surface area contributed by atoms with Crippen LogP contribution in [-0.2, 0) is 17.9 Å². The van der Waals surface area contributed by atoms with Gasteiger partial charge in [-0.3, -0.25) is 9.48 Å². The molecule has 0 saturated heterocycles. The molecule has 3 aromatic rings. The summed E-state index contributed by atoms with van der Waals surface area (Å²) in [6.07, 6.45) is 0. The minimum Gasteiger partial charge on any atom is -0.351 e. The standard InChI is InChI=1S/C23H27N3OS/c1-16-10-12-21(13-11-16)28-19(4)23(27)24-14-22-17(2)25-26(18(22)3)15-20-8-6-5-7-9-20/h5-13,19H,14-15H2,1-4H3,(H,24,27). The second-order valence-corrected chi connectivity index (χ2v) is 8.50. The predicted octanol–water partition coefficient (Wildman–Crippen LogP) is 4.65. The predicted molar refractivity (Wildman–Crippen MR) is 116 cm³/mol. The molecule has 2 aromatic carbocycles. The largest absolute Gasteiger partial charge is 0.351 e. The molecule has 0 aliphatic carbocycles. The van der Waals surface area contributed by atoms with Gasteiger partial charge in [0.1, 0.15) is 0 Å². The zero-order valence-electron chi connectivity index (χ0n) is 16.9. The van der Waals surface area contributed by atoms with Crippen molar-refractivity contribution < 1.29 is 4.79 Å². The summed E-state index contributed by atoms with van der Waals surface area (Å²) in [5.74, 6) is 0.0418. The normalized spacial score (nSPS) is 12.0. The van der Waals surface area contributed by atoms with Gasteiger partial charge in [0.2, 0.25) is 5.91 Å². The molecular weight excluding hydrogens is 366 g/mol. The summed E-state index contributed by atoms with van der Waals surface area (Å²) in [6, 6.07) is 18.6. The number of aryl methyl sites for hydroxylation is 2. The fourth-order valence-corrected chi connectivity index (χ4v) is 3.99. The minimum atomic E-state index is -0.150. The molecule has 0 aliphatic rings. The van der Waals surface area contributed by atoms with Crippen LogP contribution in [0.5, 0.6) is 0 Å². The Morgan fingerprint density at radius 2 is 1.75 bits per heavy atom. The molecule has 1 atom stereocenters. The van der Waals surface area contributed by atoms with E-state index in [1.165, 1.54) is 11.1 Å². The molecule has 5 heteroatoms. The molecule has 0 bridgehead atoms. The highest BCUT2D eigenvalue weighted by molar-refractivity contribution is 8.00. The average Bonchev–Trinajstić information content (AvgIpc) is 2.95. The smallest absolute Gasteiger partial charge is 0.233 e. The molecule has 1 heterocycles. The Morgan fingerprint density at radius 3 is 2.43 bits per heavy atom. The first kappa shape index (κ1) is 20.2. The third-order valence-corrected chi connectivity index (χ3v) is 5.96. The van der Waals surface area contributed by atoms with Crippen molar-refractivity contribution in [3.05, 3.63) is 82.7 Å². The lowest BCUT2D eigenvalue weighted by Crippen LogP contribution is -2.30. The average molecular weight is 394 g/mol. The van der Waals surface area contributed by atoms with Crippen molar-refractivity contribution >= 4 is 17.7 Å². The molecule has 0 radical (unpaired) electrons. The lowest BCUT2D eigenvalue weighted by molar-refractivity contribution is -0.120. The number of thioether (sulfide) groups is 1. The van der Waals surface area contributed by atoms with Crippen LogP contribution in [0.2, 0.25) is 0 Å². The molecular formula is C23H27N3OS. The van der Waals surface area contributed by atoms with E-state index in [1.807, 2.05) is 36.7 Å². The van der Waals surface area contributed by atoms with Gasteiger partial charge in [0.05, 0.1) is 17.5 Å². The first-order valence-electron chi connectivity index (χ1n) is 9.52. The highest BCUT2D eigenvalue weighted by Crippen LogP contribution is 2.24. The van der Waals surface area contributed by atoms with Gasteiger partial charge in [-0.15, -0.1) is 11.8 Å². The van der Waals surface area contributed by atoms with E-state index in [2.05, 4.69) is 60.7 Å². The van der Waals surface area contributed by atoms with Crippen molar-refractivity contribution in [2.75, 3.05) is 0 Å². The van der Waals surface area contributed by atoms with Crippen LogP contribution in [0, 0.1) is 20.8 Å². The second-order valence-electron chi connectivity index (χ2n) is 7.08. The lowest BCUT2D eigenvalue weighted by atomic mass is 10.2. The molecule has 0 spiro atoms. The van der Waals surface area contributed by atoms with E-state index in [0.717, 1.165) is 28.4 Å². The number of carbonyl (C=O) groups excluding carboxylic acids is 1. The van der Waals surface area contributed by atoms with Gasteiger partial charge in [0, 0.05) is 22.7 Å². The molecule has 3 rings (SSSR count). The molecule has 1 N–H and O–H groups in total. The number of nitrogens with one attached hydrogen (secondary N) is 1. The second kappa shape index (κ2) is 9.11. The van der Waals surface area contributed by atoms with E-state index in [1.54, 1.807) is 11.8 Å². The number of rotatable bonds is 7. The molecule has 1 amide bonds. The Kier molecular flexibility index (Phi) is 6.57. The van der Waals surface area contributed by atoms with E-state index in [9.17, 15) is 4.79 Å². The van der Waals surface area contributed by atoms with Crippen LogP contribution in [0.25, 0.3) is 0 Å². The van der Waals surface area contributed by atoms with Gasteiger partial charge in [-0.2, -0.15) is 5.10 Å². The van der Waals surface area contributed by atoms with E-state index in [-0.39, 0.29) is 11.2 Å². The van der Waals surface area contributed by atoms with Crippen molar-refractivity contribution in [3.63, 3.8) is 0 Å². The number of nitrogens with zero attached hydrogens (tertiary/aromatic N) is 2. The van der Waals surface area contributed by atoms with Crippen LogP contribution >= 0.6 is 11.8 Å². The summed E-state index contributed by atoms with van der Waals surface area (Å²) < 4.78 is 2.01. The van der Waals surface area contributed by atoms with Crippen molar-refractivity contribution in [1.82, 2.24) is 15.1 Å². The van der Waals surface area contributed by atoms with Gasteiger partial charge in [0.25, 0.3) is 0 Å². The molecule has 0 fully saturated rings. The van der Waals surface area contributed by atoms with Crippen LogP contribution in [0.3, 0.4) is 0 Å². The Morgan fingerprint density at radius 1 is 1.07 bits per heavy atom. The topological polar surface area (TPSA) is 46.9 Å². The summed E-state index contributed by atoms with van der Waals surface area (Å²) in [5, 5.41) is 7.59. The molecule has 0 aliphatic heterocycles. The van der Waals surface area contributed by atoms with E-state index in [0.29, 0.717) is 6.54 Å². The van der Waals surface area contributed by atoms with Crippen LogP contribution in [-0.4, -0.2) is 20.9 Å². The molecule has 28 heavy (non-hydrogen) atoms. The summed E-state index contributed by atoms with van der Waals surface area (Å²) in [5.41, 5.74) is 5.59. The maximum atomic E-state index is 12.5. The maximum Gasteiger partial charge on any atom is 0.233 e. The highest BCUT2D eigenvalue weighted by Gasteiger charge is 2.17. The van der Waals surface area contributed by atoms with Crippen LogP contribution < -0.4 is 5.32 Å². The first-order chi connectivity index (χ1) is 13.4. The van der Waals surface area contributed by atoms with Crippen molar-refractivity contribution in [1.29, 1.82) is 0 Å². The maximum absolute atomic E-state index is 12.5. The van der Waals surface area contributed by atoms with Crippen LogP contribution in [0.4, 0.5) is 0 Å². The van der Waals surface area contributed by atoms with Gasteiger partial charge in [-0.05, 0) is 45.4 Å². The summed E-state index contributed by atoms with van der Waals surface area (Å²) in [7, 11) is 0. The van der Waals surface area contributed by atoms with Crippen LogP contribution in [0.15, 0.2) is 59.5 Å². The number of carbonyl (C=O) groups is 1. The number of amides is 1. The number of aromatic nitrogens is 2. The summed E-state index contributed by atoms with van der Waals surface area (Å²) in [4.78, 5) is 13.7. The molecule has 146 valence electrons. The van der Waals surface area contributed by atoms with Gasteiger partial charge in [-0.25, -0.2) is 0 Å². The molecule has 1 aromatic heterocycles. The quantitative estimate of drug-likeness (QED) is 0.594. The minimum absolute atomic E-state index is 0.0418. The Bertz CT molecular complexity index is 932. The molecule has 1 unspecified atom stereocenters. The zero-order chi connectivity index (χ0) is 20.1.